The standard InChI is InChI=1S/C17H20N2O5/c1-22-7-6-18-12-4-5-19(13(12)9-16(18)20)17(21)11-2-3-14-15(8-11)24-10-23-14/h2-3,8,12-13H,4-7,9-10H2,1H3. The van der Waals surface area contributed by atoms with E-state index in [4.69, 9.17) is 14.2 Å². The van der Waals surface area contributed by atoms with E-state index in [-0.39, 0.29) is 30.7 Å². The smallest absolute Gasteiger partial charge is 0.254 e. The zero-order valence-corrected chi connectivity index (χ0v) is 13.6. The van der Waals surface area contributed by atoms with Crippen molar-refractivity contribution in [2.24, 2.45) is 0 Å². The Morgan fingerprint density at radius 1 is 1.29 bits per heavy atom. The Hall–Kier alpha value is -2.28. The van der Waals surface area contributed by atoms with Gasteiger partial charge in [0.25, 0.3) is 5.91 Å². The van der Waals surface area contributed by atoms with Gasteiger partial charge >= 0.3 is 0 Å². The van der Waals surface area contributed by atoms with Crippen LogP contribution in [0, 0.1) is 0 Å². The van der Waals surface area contributed by atoms with E-state index in [9.17, 15) is 9.59 Å². The summed E-state index contributed by atoms with van der Waals surface area (Å²) in [4.78, 5) is 28.8. The molecule has 4 rings (SSSR count). The summed E-state index contributed by atoms with van der Waals surface area (Å²) in [7, 11) is 1.63. The molecule has 0 spiro atoms. The van der Waals surface area contributed by atoms with E-state index >= 15 is 0 Å². The monoisotopic (exact) mass is 332 g/mol. The van der Waals surface area contributed by atoms with E-state index in [1.54, 1.807) is 25.3 Å². The first-order valence-electron chi connectivity index (χ1n) is 8.18. The first-order chi connectivity index (χ1) is 11.7. The van der Waals surface area contributed by atoms with Gasteiger partial charge in [-0.2, -0.15) is 0 Å². The molecule has 1 aromatic carbocycles. The number of methoxy groups -OCH3 is 1. The number of hydrogen-bond donors (Lipinski definition) is 0. The molecule has 0 bridgehead atoms. The molecule has 7 nitrogen and oxygen atoms in total. The Bertz CT molecular complexity index is 677. The van der Waals surface area contributed by atoms with Crippen molar-refractivity contribution in [1.82, 2.24) is 9.80 Å². The Morgan fingerprint density at radius 2 is 2.12 bits per heavy atom. The Kier molecular flexibility index (Phi) is 3.80. The molecule has 128 valence electrons. The van der Waals surface area contributed by atoms with Crippen LogP contribution in [0.25, 0.3) is 0 Å². The van der Waals surface area contributed by atoms with Crippen LogP contribution >= 0.6 is 0 Å². The molecule has 1 aromatic rings. The fourth-order valence-corrected chi connectivity index (χ4v) is 3.86. The number of carbonyl (C=O) groups is 2. The molecule has 2 atom stereocenters. The maximum Gasteiger partial charge on any atom is 0.254 e. The predicted molar refractivity (Wildman–Crippen MR) is 84.0 cm³/mol. The normalized spacial score (nSPS) is 24.6. The number of hydrogen-bond acceptors (Lipinski definition) is 5. The summed E-state index contributed by atoms with van der Waals surface area (Å²) in [6, 6.07) is 5.28. The van der Waals surface area contributed by atoms with Crippen LogP contribution in [0.15, 0.2) is 18.2 Å². The van der Waals surface area contributed by atoms with Gasteiger partial charge in [0.2, 0.25) is 12.7 Å². The van der Waals surface area contributed by atoms with Crippen LogP contribution in [-0.4, -0.2) is 67.3 Å². The molecule has 3 aliphatic rings. The highest BCUT2D eigenvalue weighted by Gasteiger charge is 2.48. The molecule has 24 heavy (non-hydrogen) atoms. The van der Waals surface area contributed by atoms with Gasteiger partial charge in [0, 0.05) is 32.2 Å². The third-order valence-corrected chi connectivity index (χ3v) is 5.03. The fourth-order valence-electron chi connectivity index (χ4n) is 3.86. The fraction of sp³-hybridized carbons (Fsp3) is 0.529. The van der Waals surface area contributed by atoms with E-state index in [0.29, 0.717) is 43.2 Å². The van der Waals surface area contributed by atoms with Crippen LogP contribution in [-0.2, 0) is 9.53 Å². The Labute approximate surface area is 140 Å². The summed E-state index contributed by atoms with van der Waals surface area (Å²) in [5.74, 6) is 1.31. The maximum atomic E-state index is 12.9. The molecule has 2 unspecified atom stereocenters. The summed E-state index contributed by atoms with van der Waals surface area (Å²) in [6.45, 7) is 1.96. The highest BCUT2D eigenvalue weighted by molar-refractivity contribution is 5.96. The van der Waals surface area contributed by atoms with E-state index in [0.717, 1.165) is 6.42 Å². The van der Waals surface area contributed by atoms with Crippen molar-refractivity contribution in [3.8, 4) is 11.5 Å². The maximum absolute atomic E-state index is 12.9. The van der Waals surface area contributed by atoms with Gasteiger partial charge in [0.15, 0.2) is 11.5 Å². The zero-order valence-electron chi connectivity index (χ0n) is 13.6. The van der Waals surface area contributed by atoms with Gasteiger partial charge in [0.1, 0.15) is 0 Å². The molecule has 0 aromatic heterocycles. The largest absolute Gasteiger partial charge is 0.454 e. The summed E-state index contributed by atoms with van der Waals surface area (Å²) >= 11 is 0. The van der Waals surface area contributed by atoms with Gasteiger partial charge in [0.05, 0.1) is 18.7 Å². The van der Waals surface area contributed by atoms with E-state index < -0.39 is 0 Å². The molecule has 2 amide bonds. The average molecular weight is 332 g/mol. The summed E-state index contributed by atoms with van der Waals surface area (Å²) in [5.41, 5.74) is 0.572. The summed E-state index contributed by atoms with van der Waals surface area (Å²) < 4.78 is 15.7. The van der Waals surface area contributed by atoms with Crippen LogP contribution in [0.5, 0.6) is 11.5 Å². The van der Waals surface area contributed by atoms with Gasteiger partial charge in [-0.1, -0.05) is 0 Å². The van der Waals surface area contributed by atoms with Gasteiger partial charge in [-0.25, -0.2) is 0 Å². The Morgan fingerprint density at radius 3 is 2.96 bits per heavy atom. The molecule has 0 N–H and O–H groups in total. The lowest BCUT2D eigenvalue weighted by Gasteiger charge is -2.25. The molecule has 0 radical (unpaired) electrons. The molecule has 3 aliphatic heterocycles. The number of amides is 2. The molecule has 3 heterocycles. The van der Waals surface area contributed by atoms with Gasteiger partial charge in [-0.3, -0.25) is 9.59 Å². The van der Waals surface area contributed by atoms with Crippen LogP contribution in [0.1, 0.15) is 23.2 Å². The Balaban J connectivity index is 1.51. The topological polar surface area (TPSA) is 68.3 Å². The number of nitrogens with zero attached hydrogens (tertiary/aromatic N) is 2. The molecule has 0 saturated carbocycles. The summed E-state index contributed by atoms with van der Waals surface area (Å²) in [5, 5.41) is 0. The second-order valence-corrected chi connectivity index (χ2v) is 6.27. The quantitative estimate of drug-likeness (QED) is 0.819. The molecular formula is C17H20N2O5. The van der Waals surface area contributed by atoms with Crippen LogP contribution in [0.4, 0.5) is 0 Å². The minimum absolute atomic E-state index is 0.0488. The van der Waals surface area contributed by atoms with Crippen LogP contribution in [0.2, 0.25) is 0 Å². The summed E-state index contributed by atoms with van der Waals surface area (Å²) in [6.07, 6.45) is 1.21. The predicted octanol–water partition coefficient (Wildman–Crippen LogP) is 0.877. The zero-order chi connectivity index (χ0) is 16.7. The van der Waals surface area contributed by atoms with Crippen molar-refractivity contribution in [3.63, 3.8) is 0 Å². The van der Waals surface area contributed by atoms with Crippen molar-refractivity contribution in [2.75, 3.05) is 33.6 Å². The first-order valence-corrected chi connectivity index (χ1v) is 8.18. The average Bonchev–Trinajstić information content (AvgIpc) is 3.27. The minimum Gasteiger partial charge on any atom is -0.454 e. The first kappa shape index (κ1) is 15.3. The van der Waals surface area contributed by atoms with Crippen LogP contribution < -0.4 is 9.47 Å². The third-order valence-electron chi connectivity index (χ3n) is 5.03. The van der Waals surface area contributed by atoms with E-state index in [2.05, 4.69) is 0 Å². The second-order valence-electron chi connectivity index (χ2n) is 6.27. The number of ether oxygens (including phenoxy) is 3. The number of rotatable bonds is 4. The lowest BCUT2D eigenvalue weighted by molar-refractivity contribution is -0.129. The number of likely N-dealkylation sites (tertiary alicyclic amines) is 2. The molecular weight excluding hydrogens is 312 g/mol. The highest BCUT2D eigenvalue weighted by atomic mass is 16.7. The number of fused-ring (bicyclic) bond motifs is 2. The molecule has 7 heteroatoms. The number of carbonyl (C=O) groups excluding carboxylic acids is 2. The van der Waals surface area contributed by atoms with Crippen molar-refractivity contribution in [1.29, 1.82) is 0 Å². The minimum atomic E-state index is -0.0535. The van der Waals surface area contributed by atoms with Crippen molar-refractivity contribution in [3.05, 3.63) is 23.8 Å². The van der Waals surface area contributed by atoms with E-state index in [1.807, 2.05) is 9.80 Å². The number of benzene rings is 1. The molecule has 2 saturated heterocycles. The van der Waals surface area contributed by atoms with Crippen molar-refractivity contribution in [2.45, 2.75) is 24.9 Å². The van der Waals surface area contributed by atoms with Crippen molar-refractivity contribution < 1.29 is 23.8 Å². The lowest BCUT2D eigenvalue weighted by atomic mass is 10.1. The lowest BCUT2D eigenvalue weighted by Crippen LogP contribution is -2.40. The third kappa shape index (κ3) is 2.39. The molecule has 2 fully saturated rings. The highest BCUT2D eigenvalue weighted by Crippen LogP contribution is 2.36. The van der Waals surface area contributed by atoms with Crippen molar-refractivity contribution >= 4 is 11.8 Å². The van der Waals surface area contributed by atoms with Crippen LogP contribution in [0.3, 0.4) is 0 Å². The van der Waals surface area contributed by atoms with Gasteiger partial charge in [-0.05, 0) is 24.6 Å². The second kappa shape index (κ2) is 5.98. The SMILES string of the molecule is COCCN1C(=O)CC2C1CCN2C(=O)c1ccc2c(c1)OCO2. The van der Waals surface area contributed by atoms with Gasteiger partial charge in [-0.15, -0.1) is 0 Å². The van der Waals surface area contributed by atoms with E-state index in [1.165, 1.54) is 0 Å². The molecule has 0 aliphatic carbocycles. The van der Waals surface area contributed by atoms with Gasteiger partial charge < -0.3 is 24.0 Å².